The predicted octanol–water partition coefficient (Wildman–Crippen LogP) is 4.67. The van der Waals surface area contributed by atoms with Crippen molar-refractivity contribution in [3.05, 3.63) is 69.9 Å². The Balaban J connectivity index is 1.36. The molecule has 0 atom stereocenters. The molecular formula is C20H14Cl2N2O4. The van der Waals surface area contributed by atoms with Gasteiger partial charge >= 0.3 is 0 Å². The number of hydrogen-bond donors (Lipinski definition) is 1. The number of rotatable bonds is 5. The summed E-state index contributed by atoms with van der Waals surface area (Å²) in [4.78, 5) is 12.0. The van der Waals surface area contributed by atoms with E-state index in [-0.39, 0.29) is 19.1 Å². The molecule has 142 valence electrons. The van der Waals surface area contributed by atoms with Crippen LogP contribution in [0, 0.1) is 0 Å². The normalized spacial score (nSPS) is 12.5. The van der Waals surface area contributed by atoms with Gasteiger partial charge in [-0.1, -0.05) is 29.3 Å². The summed E-state index contributed by atoms with van der Waals surface area (Å²) < 4.78 is 16.2. The zero-order valence-corrected chi connectivity index (χ0v) is 16.0. The van der Waals surface area contributed by atoms with Crippen molar-refractivity contribution in [3.63, 3.8) is 0 Å². The minimum Gasteiger partial charge on any atom is -0.455 e. The summed E-state index contributed by atoms with van der Waals surface area (Å²) in [6.07, 6.45) is 1.59. The molecule has 0 aliphatic carbocycles. The second-order valence-electron chi connectivity index (χ2n) is 5.98. The van der Waals surface area contributed by atoms with E-state index >= 15 is 0 Å². The lowest BCUT2D eigenvalue weighted by molar-refractivity contribution is -0.120. The average Bonchev–Trinajstić information content (AvgIpc) is 3.30. The van der Waals surface area contributed by atoms with E-state index < -0.39 is 0 Å². The standard InChI is InChI=1S/C20H14Cl2N2O4/c21-13-2-4-15(16(22)9-13)17-6-3-14(28-17)10-23-24-20(25)8-12-1-5-18-19(7-12)27-11-26-18/h1-7,9-10H,8,11H2,(H,24,25). The number of carbonyl (C=O) groups excluding carboxylic acids is 1. The summed E-state index contributed by atoms with van der Waals surface area (Å²) in [6.45, 7) is 0.196. The van der Waals surface area contributed by atoms with Crippen LogP contribution < -0.4 is 14.9 Å². The molecule has 4 rings (SSSR count). The van der Waals surface area contributed by atoms with Crippen LogP contribution in [0.1, 0.15) is 11.3 Å². The molecule has 1 aliphatic heterocycles. The van der Waals surface area contributed by atoms with Crippen LogP contribution in [-0.4, -0.2) is 18.9 Å². The Kier molecular flexibility index (Phi) is 5.23. The Morgan fingerprint density at radius 1 is 1.07 bits per heavy atom. The first-order valence-electron chi connectivity index (χ1n) is 8.34. The van der Waals surface area contributed by atoms with E-state index in [1.165, 1.54) is 6.21 Å². The Labute approximate surface area is 170 Å². The molecule has 1 amide bonds. The third kappa shape index (κ3) is 4.13. The minimum atomic E-state index is -0.261. The Morgan fingerprint density at radius 3 is 2.79 bits per heavy atom. The highest BCUT2D eigenvalue weighted by Gasteiger charge is 2.14. The topological polar surface area (TPSA) is 73.1 Å². The van der Waals surface area contributed by atoms with Gasteiger partial charge in [0, 0.05) is 10.6 Å². The third-order valence-corrected chi connectivity index (χ3v) is 4.55. The van der Waals surface area contributed by atoms with E-state index in [0.29, 0.717) is 33.1 Å². The molecule has 0 bridgehead atoms. The molecule has 28 heavy (non-hydrogen) atoms. The molecule has 8 heteroatoms. The summed E-state index contributed by atoms with van der Waals surface area (Å²) in [6, 6.07) is 14.0. The van der Waals surface area contributed by atoms with E-state index in [4.69, 9.17) is 37.1 Å². The molecule has 2 heterocycles. The van der Waals surface area contributed by atoms with Gasteiger partial charge in [-0.2, -0.15) is 5.10 Å². The van der Waals surface area contributed by atoms with Crippen molar-refractivity contribution < 1.29 is 18.7 Å². The van der Waals surface area contributed by atoms with Crippen LogP contribution in [0.15, 0.2) is 58.0 Å². The fourth-order valence-corrected chi connectivity index (χ4v) is 3.20. The fourth-order valence-electron chi connectivity index (χ4n) is 2.70. The van der Waals surface area contributed by atoms with Crippen molar-refractivity contribution in [2.24, 2.45) is 5.10 Å². The van der Waals surface area contributed by atoms with Gasteiger partial charge in [-0.25, -0.2) is 5.43 Å². The van der Waals surface area contributed by atoms with Gasteiger partial charge in [-0.05, 0) is 48.0 Å². The van der Waals surface area contributed by atoms with Gasteiger partial charge in [0.2, 0.25) is 12.7 Å². The number of hydrazone groups is 1. The molecule has 0 spiro atoms. The number of ether oxygens (including phenoxy) is 2. The van der Waals surface area contributed by atoms with Crippen LogP contribution in [0.2, 0.25) is 10.0 Å². The van der Waals surface area contributed by atoms with Crippen molar-refractivity contribution in [2.45, 2.75) is 6.42 Å². The van der Waals surface area contributed by atoms with Crippen LogP contribution >= 0.6 is 23.2 Å². The van der Waals surface area contributed by atoms with E-state index in [1.54, 1.807) is 42.5 Å². The summed E-state index contributed by atoms with van der Waals surface area (Å²) in [7, 11) is 0. The lowest BCUT2D eigenvalue weighted by atomic mass is 10.1. The Morgan fingerprint density at radius 2 is 1.93 bits per heavy atom. The van der Waals surface area contributed by atoms with Crippen molar-refractivity contribution in [1.29, 1.82) is 0 Å². The number of furan rings is 1. The van der Waals surface area contributed by atoms with Crippen LogP contribution in [0.4, 0.5) is 0 Å². The van der Waals surface area contributed by atoms with E-state index in [1.807, 2.05) is 6.07 Å². The monoisotopic (exact) mass is 416 g/mol. The second kappa shape index (κ2) is 7.96. The quantitative estimate of drug-likeness (QED) is 0.484. The SMILES string of the molecule is O=C(Cc1ccc2c(c1)OCO2)NN=Cc1ccc(-c2ccc(Cl)cc2Cl)o1. The van der Waals surface area contributed by atoms with Crippen LogP contribution in [0.25, 0.3) is 11.3 Å². The van der Waals surface area contributed by atoms with Gasteiger partial charge in [0.1, 0.15) is 11.5 Å². The lowest BCUT2D eigenvalue weighted by Crippen LogP contribution is -2.19. The van der Waals surface area contributed by atoms with Gasteiger partial charge < -0.3 is 13.9 Å². The largest absolute Gasteiger partial charge is 0.455 e. The number of benzene rings is 2. The molecule has 2 aromatic carbocycles. The molecule has 0 unspecified atom stereocenters. The second-order valence-corrected chi connectivity index (χ2v) is 6.83. The molecular weight excluding hydrogens is 403 g/mol. The maximum Gasteiger partial charge on any atom is 0.244 e. The fraction of sp³-hybridized carbons (Fsp3) is 0.100. The summed E-state index contributed by atoms with van der Waals surface area (Å²) in [5, 5.41) is 4.96. The first kappa shape index (κ1) is 18.4. The molecule has 1 aromatic heterocycles. The summed E-state index contributed by atoms with van der Waals surface area (Å²) in [5.74, 6) is 2.11. The zero-order valence-electron chi connectivity index (χ0n) is 14.4. The molecule has 0 saturated carbocycles. The van der Waals surface area contributed by atoms with Crippen molar-refractivity contribution in [3.8, 4) is 22.8 Å². The van der Waals surface area contributed by atoms with E-state index in [2.05, 4.69) is 10.5 Å². The average molecular weight is 417 g/mol. The molecule has 6 nitrogen and oxygen atoms in total. The molecule has 0 fully saturated rings. The highest BCUT2D eigenvalue weighted by Crippen LogP contribution is 2.33. The maximum absolute atomic E-state index is 12.0. The number of hydrogen-bond acceptors (Lipinski definition) is 5. The van der Waals surface area contributed by atoms with Crippen LogP contribution in [0.3, 0.4) is 0 Å². The maximum atomic E-state index is 12.0. The highest BCUT2D eigenvalue weighted by atomic mass is 35.5. The summed E-state index contributed by atoms with van der Waals surface area (Å²) in [5.41, 5.74) is 3.99. The summed E-state index contributed by atoms with van der Waals surface area (Å²) >= 11 is 12.1. The van der Waals surface area contributed by atoms with Crippen molar-refractivity contribution >= 4 is 35.3 Å². The number of nitrogens with zero attached hydrogens (tertiary/aromatic N) is 1. The zero-order chi connectivity index (χ0) is 19.5. The number of nitrogens with one attached hydrogen (secondary N) is 1. The molecule has 0 radical (unpaired) electrons. The van der Waals surface area contributed by atoms with Gasteiger partial charge in [0.25, 0.3) is 0 Å². The van der Waals surface area contributed by atoms with Crippen LogP contribution in [0.5, 0.6) is 11.5 Å². The van der Waals surface area contributed by atoms with Gasteiger partial charge in [-0.3, -0.25) is 4.79 Å². The Hall–Kier alpha value is -2.96. The van der Waals surface area contributed by atoms with Crippen molar-refractivity contribution in [1.82, 2.24) is 5.43 Å². The Bertz CT molecular complexity index is 1060. The molecule has 1 aliphatic rings. The number of fused-ring (bicyclic) bond motifs is 1. The smallest absolute Gasteiger partial charge is 0.244 e. The number of halogens is 2. The predicted molar refractivity (Wildman–Crippen MR) is 106 cm³/mol. The number of amides is 1. The molecule has 0 saturated heterocycles. The number of carbonyl (C=O) groups is 1. The van der Waals surface area contributed by atoms with Gasteiger partial charge in [-0.15, -0.1) is 0 Å². The molecule has 1 N–H and O–H groups in total. The van der Waals surface area contributed by atoms with E-state index in [0.717, 1.165) is 11.1 Å². The first-order valence-corrected chi connectivity index (χ1v) is 9.10. The van der Waals surface area contributed by atoms with Gasteiger partial charge in [0.15, 0.2) is 11.5 Å². The molecule has 3 aromatic rings. The lowest BCUT2D eigenvalue weighted by Gasteiger charge is -2.02. The minimum absolute atomic E-state index is 0.164. The van der Waals surface area contributed by atoms with Crippen LogP contribution in [-0.2, 0) is 11.2 Å². The first-order chi connectivity index (χ1) is 13.6. The van der Waals surface area contributed by atoms with Crippen molar-refractivity contribution in [2.75, 3.05) is 6.79 Å². The van der Waals surface area contributed by atoms with E-state index in [9.17, 15) is 4.79 Å². The highest BCUT2D eigenvalue weighted by molar-refractivity contribution is 6.36. The van der Waals surface area contributed by atoms with Gasteiger partial charge in [0.05, 0.1) is 17.7 Å². The third-order valence-electron chi connectivity index (χ3n) is 4.01.